The van der Waals surface area contributed by atoms with E-state index in [0.29, 0.717) is 41.5 Å². The number of pyridine rings is 1. The number of fused-ring (bicyclic) bond motifs is 1. The van der Waals surface area contributed by atoms with E-state index in [2.05, 4.69) is 4.98 Å². The number of carbonyl (C=O) groups is 2. The fourth-order valence-corrected chi connectivity index (χ4v) is 2.87. The van der Waals surface area contributed by atoms with E-state index in [1.165, 1.54) is 17.0 Å². The molecule has 1 fully saturated rings. The molecule has 0 aliphatic carbocycles. The molecule has 1 unspecified atom stereocenters. The Balaban J connectivity index is 2.02. The molecule has 1 N–H and O–H groups in total. The second kappa shape index (κ2) is 5.36. The fraction of sp³-hybridized carbons (Fsp3) is 0.312. The SMILES string of the molecule is Cc1nc2cc(F)ccc2cc1C(=O)N1CCCC1C(=O)O. The zero-order chi connectivity index (χ0) is 15.9. The lowest BCUT2D eigenvalue weighted by Crippen LogP contribution is -2.40. The summed E-state index contributed by atoms with van der Waals surface area (Å²) in [7, 11) is 0. The van der Waals surface area contributed by atoms with Crippen LogP contribution in [0, 0.1) is 12.7 Å². The Morgan fingerprint density at radius 1 is 1.36 bits per heavy atom. The summed E-state index contributed by atoms with van der Waals surface area (Å²) >= 11 is 0. The molecule has 2 aromatic rings. The summed E-state index contributed by atoms with van der Waals surface area (Å²) in [6, 6.07) is 5.05. The van der Waals surface area contributed by atoms with Crippen molar-refractivity contribution in [2.75, 3.05) is 6.54 Å². The molecule has 1 aliphatic heterocycles. The van der Waals surface area contributed by atoms with Crippen LogP contribution in [0.2, 0.25) is 0 Å². The van der Waals surface area contributed by atoms with Crippen molar-refractivity contribution in [3.63, 3.8) is 0 Å². The summed E-state index contributed by atoms with van der Waals surface area (Å²) in [6.07, 6.45) is 1.14. The van der Waals surface area contributed by atoms with E-state index in [-0.39, 0.29) is 11.7 Å². The minimum absolute atomic E-state index is 0.332. The Hall–Kier alpha value is -2.50. The number of nitrogens with zero attached hydrogens (tertiary/aromatic N) is 2. The van der Waals surface area contributed by atoms with Gasteiger partial charge in [-0.1, -0.05) is 0 Å². The van der Waals surface area contributed by atoms with E-state index in [1.807, 2.05) is 0 Å². The predicted molar refractivity (Wildman–Crippen MR) is 78.1 cm³/mol. The van der Waals surface area contributed by atoms with Gasteiger partial charge in [-0.3, -0.25) is 9.78 Å². The first-order valence-electron chi connectivity index (χ1n) is 7.08. The number of hydrogen-bond donors (Lipinski definition) is 1. The highest BCUT2D eigenvalue weighted by molar-refractivity contribution is 6.00. The van der Waals surface area contributed by atoms with Crippen LogP contribution in [-0.2, 0) is 4.79 Å². The number of hydrogen-bond acceptors (Lipinski definition) is 3. The lowest BCUT2D eigenvalue weighted by Gasteiger charge is -2.22. The first-order valence-corrected chi connectivity index (χ1v) is 7.08. The highest BCUT2D eigenvalue weighted by Gasteiger charge is 2.35. The second-order valence-electron chi connectivity index (χ2n) is 5.45. The molecular formula is C16H15FN2O3. The Kier molecular flexibility index (Phi) is 3.52. The standard InChI is InChI=1S/C16H15FN2O3/c1-9-12(7-10-4-5-11(17)8-13(10)18-9)15(20)19-6-2-3-14(19)16(21)22/h4-5,7-8,14H,2-3,6H2,1H3,(H,21,22). The largest absolute Gasteiger partial charge is 0.480 e. The van der Waals surface area contributed by atoms with Crippen LogP contribution in [0.25, 0.3) is 10.9 Å². The summed E-state index contributed by atoms with van der Waals surface area (Å²) in [5, 5.41) is 9.85. The third-order valence-corrected chi connectivity index (χ3v) is 4.00. The molecule has 114 valence electrons. The zero-order valence-electron chi connectivity index (χ0n) is 12.0. The van der Waals surface area contributed by atoms with Crippen LogP contribution in [0.5, 0.6) is 0 Å². The number of carbonyl (C=O) groups excluding carboxylic acids is 1. The Morgan fingerprint density at radius 3 is 2.86 bits per heavy atom. The smallest absolute Gasteiger partial charge is 0.326 e. The molecule has 22 heavy (non-hydrogen) atoms. The number of aliphatic carboxylic acids is 1. The Morgan fingerprint density at radius 2 is 2.14 bits per heavy atom. The number of benzene rings is 1. The number of amides is 1. The molecule has 0 spiro atoms. The molecule has 6 heteroatoms. The van der Waals surface area contributed by atoms with Crippen LogP contribution in [0.4, 0.5) is 4.39 Å². The van der Waals surface area contributed by atoms with Gasteiger partial charge in [-0.15, -0.1) is 0 Å². The van der Waals surface area contributed by atoms with Gasteiger partial charge < -0.3 is 10.0 Å². The summed E-state index contributed by atoms with van der Waals surface area (Å²) in [6.45, 7) is 2.10. The average molecular weight is 302 g/mol. The van der Waals surface area contributed by atoms with Crippen molar-refractivity contribution in [2.24, 2.45) is 0 Å². The van der Waals surface area contributed by atoms with E-state index in [4.69, 9.17) is 0 Å². The lowest BCUT2D eigenvalue weighted by molar-refractivity contribution is -0.141. The number of halogens is 1. The normalized spacial score (nSPS) is 17.9. The number of likely N-dealkylation sites (tertiary alicyclic amines) is 1. The third-order valence-electron chi connectivity index (χ3n) is 4.00. The molecule has 1 saturated heterocycles. The van der Waals surface area contributed by atoms with Gasteiger partial charge in [0.25, 0.3) is 5.91 Å². The lowest BCUT2D eigenvalue weighted by atomic mass is 10.1. The molecular weight excluding hydrogens is 287 g/mol. The van der Waals surface area contributed by atoms with Crippen molar-refractivity contribution in [3.8, 4) is 0 Å². The van der Waals surface area contributed by atoms with Crippen molar-refractivity contribution in [2.45, 2.75) is 25.8 Å². The van der Waals surface area contributed by atoms with Crippen LogP contribution >= 0.6 is 0 Å². The van der Waals surface area contributed by atoms with Crippen molar-refractivity contribution in [3.05, 3.63) is 41.3 Å². The predicted octanol–water partition coefficient (Wildman–Crippen LogP) is 2.37. The van der Waals surface area contributed by atoms with Gasteiger partial charge in [0, 0.05) is 18.0 Å². The maximum absolute atomic E-state index is 13.2. The minimum atomic E-state index is -0.987. The van der Waals surface area contributed by atoms with Crippen LogP contribution in [0.3, 0.4) is 0 Å². The molecule has 1 amide bonds. The van der Waals surface area contributed by atoms with E-state index in [9.17, 15) is 19.1 Å². The first-order chi connectivity index (χ1) is 10.5. The highest BCUT2D eigenvalue weighted by Crippen LogP contribution is 2.24. The number of carboxylic acid groups (broad SMARTS) is 1. The molecule has 1 aromatic heterocycles. The van der Waals surface area contributed by atoms with Crippen molar-refractivity contribution >= 4 is 22.8 Å². The molecule has 5 nitrogen and oxygen atoms in total. The van der Waals surface area contributed by atoms with Gasteiger partial charge in [0.2, 0.25) is 0 Å². The fourth-order valence-electron chi connectivity index (χ4n) is 2.87. The molecule has 0 radical (unpaired) electrons. The van der Waals surface area contributed by atoms with E-state index in [0.717, 1.165) is 0 Å². The van der Waals surface area contributed by atoms with Gasteiger partial charge in [0.05, 0.1) is 16.8 Å². The number of aryl methyl sites for hydroxylation is 1. The van der Waals surface area contributed by atoms with Crippen LogP contribution < -0.4 is 0 Å². The van der Waals surface area contributed by atoms with E-state index in [1.54, 1.807) is 19.1 Å². The second-order valence-corrected chi connectivity index (χ2v) is 5.45. The molecule has 2 heterocycles. The van der Waals surface area contributed by atoms with E-state index < -0.39 is 12.0 Å². The number of rotatable bonds is 2. The maximum atomic E-state index is 13.2. The van der Waals surface area contributed by atoms with Crippen LogP contribution in [0.15, 0.2) is 24.3 Å². The van der Waals surface area contributed by atoms with Crippen LogP contribution in [0.1, 0.15) is 28.9 Å². The molecule has 0 bridgehead atoms. The first kappa shape index (κ1) is 14.4. The molecule has 1 aromatic carbocycles. The molecule has 1 atom stereocenters. The highest BCUT2D eigenvalue weighted by atomic mass is 19.1. The molecule has 3 rings (SSSR count). The van der Waals surface area contributed by atoms with Gasteiger partial charge in [0.1, 0.15) is 11.9 Å². The Labute approximate surface area is 126 Å². The number of carboxylic acids is 1. The molecule has 1 aliphatic rings. The maximum Gasteiger partial charge on any atom is 0.326 e. The summed E-state index contributed by atoms with van der Waals surface area (Å²) in [5.74, 6) is -1.70. The van der Waals surface area contributed by atoms with Crippen molar-refractivity contribution in [1.82, 2.24) is 9.88 Å². The van der Waals surface area contributed by atoms with Gasteiger partial charge >= 0.3 is 5.97 Å². The summed E-state index contributed by atoms with van der Waals surface area (Å²) in [4.78, 5) is 29.5. The summed E-state index contributed by atoms with van der Waals surface area (Å²) in [5.41, 5.74) is 1.32. The quantitative estimate of drug-likeness (QED) is 0.924. The summed E-state index contributed by atoms with van der Waals surface area (Å²) < 4.78 is 13.2. The monoisotopic (exact) mass is 302 g/mol. The molecule has 0 saturated carbocycles. The van der Waals surface area contributed by atoms with Crippen LogP contribution in [-0.4, -0.2) is 39.5 Å². The van der Waals surface area contributed by atoms with Gasteiger partial charge in [-0.2, -0.15) is 0 Å². The average Bonchev–Trinajstić information content (AvgIpc) is 2.95. The zero-order valence-corrected chi connectivity index (χ0v) is 12.0. The van der Waals surface area contributed by atoms with Gasteiger partial charge in [-0.05, 0) is 38.0 Å². The number of aromatic nitrogens is 1. The van der Waals surface area contributed by atoms with Gasteiger partial charge in [0.15, 0.2) is 0 Å². The van der Waals surface area contributed by atoms with Crippen molar-refractivity contribution in [1.29, 1.82) is 0 Å². The minimum Gasteiger partial charge on any atom is -0.480 e. The van der Waals surface area contributed by atoms with Crippen molar-refractivity contribution < 1.29 is 19.1 Å². The Bertz CT molecular complexity index is 775. The third kappa shape index (κ3) is 2.41. The van der Waals surface area contributed by atoms with Gasteiger partial charge in [-0.25, -0.2) is 9.18 Å². The van der Waals surface area contributed by atoms with E-state index >= 15 is 0 Å². The topological polar surface area (TPSA) is 70.5 Å².